The second kappa shape index (κ2) is 31.8. The number of halogens is 1. The zero-order chi connectivity index (χ0) is 77.0. The molecule has 1 fully saturated rings. The molecule has 0 radical (unpaired) electrons. The van der Waals surface area contributed by atoms with E-state index in [1.165, 1.54) is 72.3 Å². The van der Waals surface area contributed by atoms with Crippen molar-refractivity contribution in [1.29, 1.82) is 0 Å². The lowest BCUT2D eigenvalue weighted by Crippen LogP contribution is -2.41. The van der Waals surface area contributed by atoms with Crippen LogP contribution in [0.1, 0.15) is 85.3 Å². The minimum absolute atomic E-state index is 0. The van der Waals surface area contributed by atoms with Crippen LogP contribution in [0.4, 0.5) is 0 Å². The first kappa shape index (κ1) is 74.2. The van der Waals surface area contributed by atoms with E-state index >= 15 is 0 Å². The molecule has 2 aliphatic carbocycles. The van der Waals surface area contributed by atoms with Crippen LogP contribution in [0.25, 0.3) is 123 Å². The highest BCUT2D eigenvalue weighted by atomic mass is 79.9. The first-order valence-corrected chi connectivity index (χ1v) is 38.5. The van der Waals surface area contributed by atoms with Crippen molar-refractivity contribution in [1.82, 2.24) is 19.9 Å². The second-order valence-electron chi connectivity index (χ2n) is 29.7. The molecule has 16 aromatic rings. The van der Waals surface area contributed by atoms with E-state index in [1.54, 1.807) is 0 Å². The van der Waals surface area contributed by atoms with Crippen molar-refractivity contribution in [2.24, 2.45) is 0 Å². The topological polar surface area (TPSA) is 70.0 Å². The lowest BCUT2D eigenvalue weighted by molar-refractivity contribution is 0.00578. The summed E-state index contributed by atoms with van der Waals surface area (Å²) in [4.78, 5) is 20.3. The molecule has 112 heavy (non-hydrogen) atoms. The van der Waals surface area contributed by atoms with Crippen LogP contribution in [0.3, 0.4) is 0 Å². The van der Waals surface area contributed by atoms with Gasteiger partial charge in [-0.25, -0.2) is 19.9 Å². The van der Waals surface area contributed by atoms with Gasteiger partial charge in [0.2, 0.25) is 0 Å². The van der Waals surface area contributed by atoms with E-state index in [1.807, 2.05) is 91.0 Å². The van der Waals surface area contributed by atoms with Crippen LogP contribution >= 0.6 is 25.8 Å². The summed E-state index contributed by atoms with van der Waals surface area (Å²) >= 11 is 3.31. The second-order valence-corrected chi connectivity index (χ2v) is 30.6. The highest BCUT2D eigenvalue weighted by molar-refractivity contribution is 9.10. The van der Waals surface area contributed by atoms with Crippen LogP contribution in [-0.4, -0.2) is 38.3 Å². The molecule has 6 nitrogen and oxygen atoms in total. The Morgan fingerprint density at radius 1 is 0.277 bits per heavy atom. The summed E-state index contributed by atoms with van der Waals surface area (Å²) in [6.07, 6.45) is 0. The molecule has 19 rings (SSSR count). The highest BCUT2D eigenvalue weighted by Gasteiger charge is 2.55. The number of hydrogen-bond acceptors (Lipinski definition) is 6. The van der Waals surface area contributed by atoms with Gasteiger partial charge in [0.15, 0.2) is 11.6 Å². The number of rotatable bonds is 12. The zero-order valence-corrected chi connectivity index (χ0v) is 66.1. The summed E-state index contributed by atoms with van der Waals surface area (Å²) in [6.45, 7) is 13.2. The van der Waals surface area contributed by atoms with Crippen LogP contribution in [0, 0.1) is 0 Å². The largest absolute Gasteiger partial charge is 0.496 e. The Morgan fingerprint density at radius 3 is 1.00 bits per heavy atom. The molecule has 1 saturated heterocycles. The van der Waals surface area contributed by atoms with E-state index in [9.17, 15) is 0 Å². The maximum Gasteiger partial charge on any atom is 0.496 e. The van der Waals surface area contributed by atoms with E-state index < -0.39 is 18.3 Å². The Hall–Kier alpha value is -11.9. The van der Waals surface area contributed by atoms with Crippen molar-refractivity contribution >= 4 is 38.4 Å². The lowest BCUT2D eigenvalue weighted by Gasteiger charge is -2.32. The quantitative estimate of drug-likeness (QED) is 0.0897. The Labute approximate surface area is 674 Å². The van der Waals surface area contributed by atoms with Crippen molar-refractivity contribution < 1.29 is 12.3 Å². The standard InChI is InChI=1S/C48H41BN2O2.C48H34N2.C6H5Br.CH4.H3P.H2/c1-46(2)47(3,4)53-49(52-46)44-37(28-29-40-43(44)38-26-15-16-27-39(38)48(40,5)36-24-13-8-14-25-36)34-22-17-23-35(30-34)42-31-41(32-18-9-6-10-19-32)50-45(51-42)33-20-11-7-12-21-33;1-48(38-25-12-5-13-26-38)41-28-15-14-27-40(41)46-42(48)30-29-39(45(46)34-19-8-3-9-20-34)36-23-16-24-37(31-36)44-32-43(33-17-6-2-7-18-33)49-47(50-44)35-21-10-4-11-22-35;7-6-4-2-1-3-5-6;;;/h6-31H,1-5H3;2-32H,1H3;1-5H;1H4;1H3;1H/i;;;;;1+2T. The predicted molar refractivity (Wildman–Crippen MR) is 478 cm³/mol. The van der Waals surface area contributed by atoms with Crippen LogP contribution < -0.4 is 5.46 Å². The summed E-state index contributed by atoms with van der Waals surface area (Å²) in [5.41, 5.74) is 28.8. The Balaban J connectivity index is 0.000000168. The monoisotopic (exact) mass is 1540 g/mol. The molecule has 1 aliphatic heterocycles. The van der Waals surface area contributed by atoms with Crippen molar-refractivity contribution in [3.63, 3.8) is 0 Å². The summed E-state index contributed by atoms with van der Waals surface area (Å²) in [5.74, 6) is 1.41. The number of nitrogens with zero attached hydrogens (tertiary/aromatic N) is 4. The Kier molecular flexibility index (Phi) is 21.1. The number of fused-ring (bicyclic) bond motifs is 6. The predicted octanol–water partition coefficient (Wildman–Crippen LogP) is 26.3. The van der Waals surface area contributed by atoms with Gasteiger partial charge in [-0.1, -0.05) is 363 Å². The highest BCUT2D eigenvalue weighted by Crippen LogP contribution is 2.58. The molecular formula is C103H89BBrN4O2P. The van der Waals surface area contributed by atoms with Gasteiger partial charge in [-0.2, -0.15) is 9.90 Å². The lowest BCUT2D eigenvalue weighted by atomic mass is 9.68. The molecule has 3 heterocycles. The smallest absolute Gasteiger partial charge is 0.399 e. The fourth-order valence-corrected chi connectivity index (χ4v) is 16.5. The van der Waals surface area contributed by atoms with Crippen LogP contribution in [0.5, 0.6) is 0 Å². The minimum atomic E-state index is -0.576. The van der Waals surface area contributed by atoms with Gasteiger partial charge in [0.25, 0.3) is 0 Å². The molecule has 548 valence electrons. The third kappa shape index (κ3) is 14.2. The molecule has 0 bridgehead atoms. The molecular weight excluding hydrogens is 1450 g/mol. The van der Waals surface area contributed by atoms with Crippen molar-refractivity contribution in [3.8, 4) is 123 Å². The van der Waals surface area contributed by atoms with Gasteiger partial charge in [0.1, 0.15) is 0 Å². The van der Waals surface area contributed by atoms with E-state index in [4.69, 9.17) is 32.2 Å². The van der Waals surface area contributed by atoms with E-state index in [0.717, 1.165) is 82.8 Å². The average molecular weight is 1540 g/mol. The maximum atomic E-state index is 6.93. The number of hydrogen-bond donors (Lipinski definition) is 0. The first-order valence-electron chi connectivity index (χ1n) is 38.7. The third-order valence-electron chi connectivity index (χ3n) is 22.6. The van der Waals surface area contributed by atoms with E-state index in [0.29, 0.717) is 11.6 Å². The third-order valence-corrected chi connectivity index (χ3v) is 23.1. The number of aromatic nitrogens is 4. The van der Waals surface area contributed by atoms with Gasteiger partial charge < -0.3 is 9.31 Å². The Bertz CT molecular complexity index is 5900. The van der Waals surface area contributed by atoms with Gasteiger partial charge in [-0.3, -0.25) is 0 Å². The zero-order valence-electron chi connectivity index (χ0n) is 65.1. The molecule has 14 aromatic carbocycles. The van der Waals surface area contributed by atoms with Gasteiger partial charge in [-0.15, -0.1) is 0 Å². The normalized spacial score (nSPS) is 15.7. The Morgan fingerprint density at radius 2 is 0.589 bits per heavy atom. The minimum Gasteiger partial charge on any atom is -0.399 e. The molecule has 0 N–H and O–H groups in total. The van der Waals surface area contributed by atoms with Gasteiger partial charge >= 0.3 is 7.12 Å². The average Bonchev–Trinajstić information content (AvgIpc) is 1.53. The molecule has 9 heteroatoms. The fourth-order valence-electron chi connectivity index (χ4n) is 16.2. The summed E-state index contributed by atoms with van der Waals surface area (Å²) in [5, 5.41) is 0. The van der Waals surface area contributed by atoms with E-state index in [2.05, 4.69) is 343 Å². The molecule has 0 saturated carbocycles. The van der Waals surface area contributed by atoms with E-state index in [-0.39, 0.29) is 28.2 Å². The molecule has 3 atom stereocenters. The van der Waals surface area contributed by atoms with Crippen molar-refractivity contribution in [3.05, 3.63) is 414 Å². The SMILES string of the molecule is Brc1ccccc1.C.CC1(c2ccccc2)c2ccccc2-c2c1ccc(-c1cccc(-c3cc(-c4ccccc4)nc(-c4ccccc4)n3)c1)c2-c1ccccc1.CC1(c2ccccc2)c2ccccc2-c2c1ccc(-c1cccc(-c3cc(-c4ccccc4)nc(-c4ccccc4)n3)c1)c2B1OC(C)(C)C(C)(C)O1.P.[3H][3H]. The maximum absolute atomic E-state index is 6.93. The van der Waals surface area contributed by atoms with Crippen molar-refractivity contribution in [2.45, 2.75) is 71.0 Å². The number of benzene rings is 14. The van der Waals surface area contributed by atoms with Gasteiger partial charge in [-0.05, 0) is 172 Å². The van der Waals surface area contributed by atoms with Gasteiger partial charge in [0, 0.05) is 51.7 Å². The first-order chi connectivity index (χ1) is 54.7. The molecule has 0 spiro atoms. The van der Waals surface area contributed by atoms with Crippen LogP contribution in [0.15, 0.2) is 381 Å². The van der Waals surface area contributed by atoms with Crippen molar-refractivity contribution in [2.75, 3.05) is 0 Å². The molecule has 2 aromatic heterocycles. The van der Waals surface area contributed by atoms with Gasteiger partial charge in [0.05, 0.1) is 34.0 Å². The molecule has 3 unspecified atom stereocenters. The fraction of sp³-hybridized carbons (Fsp3) is 0.107. The summed E-state index contributed by atoms with van der Waals surface area (Å²) < 4.78 is 25.0. The van der Waals surface area contributed by atoms with Crippen LogP contribution in [-0.2, 0) is 20.1 Å². The summed E-state index contributed by atoms with van der Waals surface area (Å²) in [7, 11) is -0.576. The molecule has 0 amide bonds. The molecule has 3 aliphatic rings. The van der Waals surface area contributed by atoms with Crippen LogP contribution in [0.2, 0.25) is 0 Å². The summed E-state index contributed by atoms with van der Waals surface area (Å²) in [6, 6.07) is 133.